The molecular weight excluding hydrogens is 262 g/mol. The summed E-state index contributed by atoms with van der Waals surface area (Å²) < 4.78 is 5.45. The lowest BCUT2D eigenvalue weighted by molar-refractivity contribution is 0.407. The van der Waals surface area contributed by atoms with Gasteiger partial charge in [-0.2, -0.15) is 0 Å². The zero-order valence-electron chi connectivity index (χ0n) is 11.0. The van der Waals surface area contributed by atoms with E-state index in [1.807, 2.05) is 6.07 Å². The second kappa shape index (κ2) is 6.36. The van der Waals surface area contributed by atoms with Crippen LogP contribution in [0.2, 0.25) is 0 Å². The van der Waals surface area contributed by atoms with Gasteiger partial charge in [-0.05, 0) is 48.3 Å². The van der Waals surface area contributed by atoms with Gasteiger partial charge in [-0.25, -0.2) is 0 Å². The number of hydrogen-bond donors (Lipinski definition) is 1. The molecule has 0 aliphatic carbocycles. The molecule has 0 bridgehead atoms. The highest BCUT2D eigenvalue weighted by atomic mass is 32.1. The molecule has 0 amide bonds. The molecule has 0 spiro atoms. The van der Waals surface area contributed by atoms with Gasteiger partial charge in [-0.15, -0.1) is 22.7 Å². The fraction of sp³-hybridized carbons (Fsp3) is 0.429. The van der Waals surface area contributed by atoms with Gasteiger partial charge in [0.05, 0.1) is 18.0 Å². The molecule has 18 heavy (non-hydrogen) atoms. The van der Waals surface area contributed by atoms with Gasteiger partial charge in [-0.1, -0.05) is 6.92 Å². The molecule has 0 saturated heterocycles. The number of nitrogens with one attached hydrogen (secondary N) is 1. The first-order valence-electron chi connectivity index (χ1n) is 6.16. The summed E-state index contributed by atoms with van der Waals surface area (Å²) in [5.41, 5.74) is 1.34. The number of ether oxygens (including phenoxy) is 1. The van der Waals surface area contributed by atoms with Gasteiger partial charge >= 0.3 is 0 Å². The molecule has 0 aromatic carbocycles. The van der Waals surface area contributed by atoms with Crippen molar-refractivity contribution in [3.63, 3.8) is 0 Å². The van der Waals surface area contributed by atoms with Crippen LogP contribution >= 0.6 is 22.7 Å². The number of rotatable bonds is 6. The summed E-state index contributed by atoms with van der Waals surface area (Å²) in [5, 5.41) is 7.94. The molecular formula is C14H19NOS2. The van der Waals surface area contributed by atoms with Crippen LogP contribution in [0.15, 0.2) is 22.9 Å². The Hall–Kier alpha value is -0.840. The third kappa shape index (κ3) is 2.94. The van der Waals surface area contributed by atoms with Crippen molar-refractivity contribution in [1.29, 1.82) is 0 Å². The van der Waals surface area contributed by atoms with Crippen LogP contribution in [0.3, 0.4) is 0 Å². The molecule has 0 radical (unpaired) electrons. The fourth-order valence-corrected chi connectivity index (χ4v) is 3.65. The molecule has 4 heteroatoms. The van der Waals surface area contributed by atoms with Crippen LogP contribution in [-0.4, -0.2) is 13.7 Å². The van der Waals surface area contributed by atoms with Gasteiger partial charge in [0.25, 0.3) is 0 Å². The topological polar surface area (TPSA) is 21.3 Å². The molecule has 2 rings (SSSR count). The van der Waals surface area contributed by atoms with Crippen molar-refractivity contribution in [2.45, 2.75) is 26.3 Å². The molecule has 0 aliphatic heterocycles. The van der Waals surface area contributed by atoms with E-state index in [0.29, 0.717) is 0 Å². The van der Waals surface area contributed by atoms with E-state index in [4.69, 9.17) is 4.74 Å². The summed E-state index contributed by atoms with van der Waals surface area (Å²) in [7, 11) is 1.74. The third-order valence-corrected chi connectivity index (χ3v) is 4.66. The van der Waals surface area contributed by atoms with Gasteiger partial charge in [-0.3, -0.25) is 0 Å². The first-order valence-corrected chi connectivity index (χ1v) is 7.92. The first-order chi connectivity index (χ1) is 8.76. The van der Waals surface area contributed by atoms with Crippen molar-refractivity contribution in [3.05, 3.63) is 38.2 Å². The minimum absolute atomic E-state index is 0.254. The Labute approximate surface area is 117 Å². The molecule has 0 fully saturated rings. The molecule has 2 heterocycles. The highest BCUT2D eigenvalue weighted by molar-refractivity contribution is 7.10. The third-order valence-electron chi connectivity index (χ3n) is 2.82. The van der Waals surface area contributed by atoms with Crippen molar-refractivity contribution in [1.82, 2.24) is 5.32 Å². The zero-order valence-corrected chi connectivity index (χ0v) is 12.7. The van der Waals surface area contributed by atoms with E-state index in [9.17, 15) is 0 Å². The molecule has 98 valence electrons. The Kier molecular flexibility index (Phi) is 4.80. The lowest BCUT2D eigenvalue weighted by Crippen LogP contribution is -2.22. The number of aryl methyl sites for hydroxylation is 1. The second-order valence-electron chi connectivity index (χ2n) is 4.23. The van der Waals surface area contributed by atoms with E-state index >= 15 is 0 Å². The Bertz CT molecular complexity index is 489. The van der Waals surface area contributed by atoms with Crippen LogP contribution in [-0.2, 0) is 0 Å². The molecule has 1 unspecified atom stereocenters. The van der Waals surface area contributed by atoms with Gasteiger partial charge < -0.3 is 10.1 Å². The highest BCUT2D eigenvalue weighted by Crippen LogP contribution is 2.36. The summed E-state index contributed by atoms with van der Waals surface area (Å²) in [4.78, 5) is 2.62. The Morgan fingerprint density at radius 1 is 1.39 bits per heavy atom. The monoisotopic (exact) mass is 281 g/mol. The van der Waals surface area contributed by atoms with E-state index < -0.39 is 0 Å². The van der Waals surface area contributed by atoms with Crippen LogP contribution in [0.5, 0.6) is 5.75 Å². The fourth-order valence-electron chi connectivity index (χ4n) is 1.95. The van der Waals surface area contributed by atoms with E-state index in [2.05, 4.69) is 36.0 Å². The Morgan fingerprint density at radius 2 is 2.22 bits per heavy atom. The van der Waals surface area contributed by atoms with Crippen LogP contribution in [0, 0.1) is 6.92 Å². The maximum atomic E-state index is 5.45. The van der Waals surface area contributed by atoms with Crippen molar-refractivity contribution in [2.24, 2.45) is 0 Å². The average molecular weight is 281 g/mol. The Morgan fingerprint density at radius 3 is 2.83 bits per heavy atom. The van der Waals surface area contributed by atoms with Gasteiger partial charge in [0.1, 0.15) is 5.75 Å². The molecule has 2 nitrogen and oxygen atoms in total. The van der Waals surface area contributed by atoms with Crippen LogP contribution in [0.1, 0.15) is 34.7 Å². The van der Waals surface area contributed by atoms with Gasteiger partial charge in [0.15, 0.2) is 0 Å². The van der Waals surface area contributed by atoms with Crippen molar-refractivity contribution in [2.75, 3.05) is 13.7 Å². The van der Waals surface area contributed by atoms with Crippen LogP contribution < -0.4 is 10.1 Å². The van der Waals surface area contributed by atoms with Crippen molar-refractivity contribution < 1.29 is 4.74 Å². The van der Waals surface area contributed by atoms with E-state index in [0.717, 1.165) is 18.7 Å². The smallest absolute Gasteiger partial charge is 0.134 e. The molecule has 1 atom stereocenters. The van der Waals surface area contributed by atoms with Gasteiger partial charge in [0, 0.05) is 4.88 Å². The summed E-state index contributed by atoms with van der Waals surface area (Å²) >= 11 is 3.55. The predicted molar refractivity (Wildman–Crippen MR) is 80.1 cm³/mol. The van der Waals surface area contributed by atoms with E-state index in [1.54, 1.807) is 29.8 Å². The normalized spacial score (nSPS) is 12.6. The van der Waals surface area contributed by atoms with E-state index in [-0.39, 0.29) is 6.04 Å². The highest BCUT2D eigenvalue weighted by Gasteiger charge is 2.19. The molecule has 2 aromatic rings. The van der Waals surface area contributed by atoms with Gasteiger partial charge in [0.2, 0.25) is 0 Å². The first kappa shape index (κ1) is 13.6. The average Bonchev–Trinajstić information content (AvgIpc) is 2.99. The lowest BCUT2D eigenvalue weighted by atomic mass is 10.1. The second-order valence-corrected chi connectivity index (χ2v) is 6.29. The number of thiophene rings is 2. The molecule has 2 aromatic heterocycles. The largest absolute Gasteiger partial charge is 0.496 e. The summed E-state index contributed by atoms with van der Waals surface area (Å²) in [6, 6.07) is 4.56. The van der Waals surface area contributed by atoms with Crippen LogP contribution in [0.25, 0.3) is 0 Å². The molecule has 1 N–H and O–H groups in total. The number of methoxy groups -OCH3 is 1. The minimum Gasteiger partial charge on any atom is -0.496 e. The Balaban J connectivity index is 2.30. The van der Waals surface area contributed by atoms with Crippen LogP contribution in [0.4, 0.5) is 0 Å². The number of hydrogen-bond acceptors (Lipinski definition) is 4. The zero-order chi connectivity index (χ0) is 13.0. The summed E-state index contributed by atoms with van der Waals surface area (Å²) in [6.07, 6.45) is 1.13. The van der Waals surface area contributed by atoms with E-state index in [1.165, 1.54) is 15.3 Å². The maximum absolute atomic E-state index is 5.45. The summed E-state index contributed by atoms with van der Waals surface area (Å²) in [6.45, 7) is 5.35. The molecule has 0 saturated carbocycles. The standard InChI is InChI=1S/C14H19NOS2/c1-4-6-15-13(11-8-10(2)18-9-11)14-12(16-3)5-7-17-14/h5,7-9,13,15H,4,6H2,1-3H3. The SMILES string of the molecule is CCCNC(c1csc(C)c1)c1sccc1OC. The molecule has 0 aliphatic rings. The lowest BCUT2D eigenvalue weighted by Gasteiger charge is -2.17. The minimum atomic E-state index is 0.254. The maximum Gasteiger partial charge on any atom is 0.134 e. The summed E-state index contributed by atoms with van der Waals surface area (Å²) in [5.74, 6) is 0.984. The predicted octanol–water partition coefficient (Wildman–Crippen LogP) is 4.22. The van der Waals surface area contributed by atoms with Crippen molar-refractivity contribution in [3.8, 4) is 5.75 Å². The van der Waals surface area contributed by atoms with Crippen molar-refractivity contribution >= 4 is 22.7 Å². The quantitative estimate of drug-likeness (QED) is 0.856.